The van der Waals surface area contributed by atoms with Crippen LogP contribution in [-0.2, 0) is 20.4 Å². The van der Waals surface area contributed by atoms with E-state index in [1.807, 2.05) is 0 Å². The molecule has 1 heterocycles. The molecule has 0 aliphatic carbocycles. The summed E-state index contributed by atoms with van der Waals surface area (Å²) in [5.41, 5.74) is -1.11. The highest BCUT2D eigenvalue weighted by Crippen LogP contribution is 2.35. The third-order valence-electron chi connectivity index (χ3n) is 3.69. The summed E-state index contributed by atoms with van der Waals surface area (Å²) < 4.78 is 27.0. The lowest BCUT2D eigenvalue weighted by Gasteiger charge is -2.24. The molecule has 0 aromatic heterocycles. The maximum Gasteiger partial charge on any atom is 0.270 e. The normalized spacial score (nSPS) is 19.1. The highest BCUT2D eigenvalue weighted by molar-refractivity contribution is 7.90. The Hall–Kier alpha value is -2.15. The highest BCUT2D eigenvalue weighted by atomic mass is 35.5. The van der Waals surface area contributed by atoms with Crippen LogP contribution in [0.15, 0.2) is 70.6 Å². The van der Waals surface area contributed by atoms with E-state index >= 15 is 0 Å². The molecular weight excluding hydrogens is 383 g/mol. The Balaban J connectivity index is 1.99. The van der Waals surface area contributed by atoms with E-state index in [4.69, 9.17) is 23.2 Å². The topological polar surface area (TPSA) is 75.6 Å². The zero-order valence-electron chi connectivity index (χ0n) is 12.7. The third-order valence-corrected chi connectivity index (χ3v) is 5.77. The van der Waals surface area contributed by atoms with Gasteiger partial charge in [-0.3, -0.25) is 9.79 Å². The fourth-order valence-electron chi connectivity index (χ4n) is 2.41. The van der Waals surface area contributed by atoms with Gasteiger partial charge in [0, 0.05) is 6.21 Å². The summed E-state index contributed by atoms with van der Waals surface area (Å²) in [5, 5.41) is 0.566. The predicted molar refractivity (Wildman–Crippen MR) is 97.5 cm³/mol. The van der Waals surface area contributed by atoms with Crippen LogP contribution in [0.2, 0.25) is 10.0 Å². The van der Waals surface area contributed by atoms with Crippen molar-refractivity contribution in [3.05, 3.63) is 76.3 Å². The van der Waals surface area contributed by atoms with Gasteiger partial charge in [-0.15, -0.1) is 0 Å². The fourth-order valence-corrected chi connectivity index (χ4v) is 3.74. The minimum atomic E-state index is -4.03. The average Bonchev–Trinajstić information content (AvgIpc) is 3.09. The number of aliphatic imine (C=N–C) groups is 1. The van der Waals surface area contributed by atoms with E-state index in [1.54, 1.807) is 30.3 Å². The van der Waals surface area contributed by atoms with Crippen LogP contribution in [0.5, 0.6) is 0 Å². The number of carbonyl (C=O) groups excluding carboxylic acids is 1. The Bertz CT molecular complexity index is 974. The van der Waals surface area contributed by atoms with Crippen molar-refractivity contribution in [3.8, 4) is 0 Å². The fraction of sp³-hybridized carbons (Fsp3) is 0.0588. The molecule has 128 valence electrons. The van der Waals surface area contributed by atoms with Crippen molar-refractivity contribution in [3.63, 3.8) is 0 Å². The summed E-state index contributed by atoms with van der Waals surface area (Å²) in [4.78, 5) is 17.0. The molecule has 1 unspecified atom stereocenters. The van der Waals surface area contributed by atoms with Crippen LogP contribution < -0.4 is 4.72 Å². The first-order valence-corrected chi connectivity index (χ1v) is 9.40. The Labute approximate surface area is 155 Å². The van der Waals surface area contributed by atoms with Crippen LogP contribution >= 0.6 is 23.2 Å². The summed E-state index contributed by atoms with van der Waals surface area (Å²) in [6.07, 6.45) is 4.50. The van der Waals surface area contributed by atoms with Crippen molar-refractivity contribution >= 4 is 45.3 Å². The molecule has 25 heavy (non-hydrogen) atoms. The molecule has 1 amide bonds. The van der Waals surface area contributed by atoms with Crippen LogP contribution in [0.1, 0.15) is 5.56 Å². The second-order valence-corrected chi connectivity index (χ2v) is 7.78. The number of sulfonamides is 1. The molecule has 0 saturated carbocycles. The summed E-state index contributed by atoms with van der Waals surface area (Å²) >= 11 is 11.9. The van der Waals surface area contributed by atoms with Crippen molar-refractivity contribution in [1.82, 2.24) is 4.72 Å². The number of halogens is 2. The Morgan fingerprint density at radius 2 is 1.76 bits per heavy atom. The van der Waals surface area contributed by atoms with Gasteiger partial charge < -0.3 is 0 Å². The lowest BCUT2D eigenvalue weighted by Crippen LogP contribution is -2.43. The van der Waals surface area contributed by atoms with Gasteiger partial charge in [0.15, 0.2) is 5.54 Å². The van der Waals surface area contributed by atoms with E-state index in [0.717, 1.165) is 0 Å². The first-order chi connectivity index (χ1) is 11.8. The monoisotopic (exact) mass is 394 g/mol. The lowest BCUT2D eigenvalue weighted by atomic mass is 9.90. The molecule has 1 atom stereocenters. The maximum absolute atomic E-state index is 12.8. The predicted octanol–water partition coefficient (Wildman–Crippen LogP) is 3.33. The van der Waals surface area contributed by atoms with Crippen LogP contribution in [-0.4, -0.2) is 20.5 Å². The standard InChI is InChI=1S/C17H12Cl2N2O3S/c18-14-8-7-12(11-15(14)19)17(9-4-10-20-17)16(22)21-25(23,24)13-5-2-1-3-6-13/h1-11H,(H,21,22). The zero-order chi connectivity index (χ0) is 18.1. The quantitative estimate of drug-likeness (QED) is 0.863. The van der Waals surface area contributed by atoms with Gasteiger partial charge in [-0.25, -0.2) is 13.1 Å². The number of rotatable bonds is 4. The number of amides is 1. The van der Waals surface area contributed by atoms with Gasteiger partial charge in [0.2, 0.25) is 0 Å². The van der Waals surface area contributed by atoms with E-state index in [-0.39, 0.29) is 9.92 Å². The van der Waals surface area contributed by atoms with E-state index < -0.39 is 21.5 Å². The lowest BCUT2D eigenvalue weighted by molar-refractivity contribution is -0.123. The van der Waals surface area contributed by atoms with Crippen LogP contribution in [0.3, 0.4) is 0 Å². The second kappa shape index (κ2) is 6.63. The number of carbonyl (C=O) groups is 1. The Kier molecular flexibility index (Phi) is 4.69. The van der Waals surface area contributed by atoms with Crippen molar-refractivity contribution in [1.29, 1.82) is 0 Å². The first-order valence-electron chi connectivity index (χ1n) is 7.16. The van der Waals surface area contributed by atoms with Gasteiger partial charge in [0.05, 0.1) is 14.9 Å². The number of nitrogens with one attached hydrogen (secondary N) is 1. The molecule has 0 saturated heterocycles. The maximum atomic E-state index is 12.8. The molecule has 0 radical (unpaired) electrons. The van der Waals surface area contributed by atoms with E-state index in [2.05, 4.69) is 9.71 Å². The molecule has 1 aliphatic rings. The Morgan fingerprint density at radius 3 is 2.36 bits per heavy atom. The molecule has 2 aromatic carbocycles. The van der Waals surface area contributed by atoms with Gasteiger partial charge in [-0.2, -0.15) is 0 Å². The van der Waals surface area contributed by atoms with Crippen molar-refractivity contribution in [2.24, 2.45) is 4.99 Å². The first kappa shape index (κ1) is 17.7. The molecule has 2 aromatic rings. The van der Waals surface area contributed by atoms with E-state index in [9.17, 15) is 13.2 Å². The van der Waals surface area contributed by atoms with E-state index in [0.29, 0.717) is 10.6 Å². The molecule has 0 fully saturated rings. The van der Waals surface area contributed by atoms with Crippen LogP contribution in [0.25, 0.3) is 0 Å². The molecule has 0 spiro atoms. The molecule has 0 bridgehead atoms. The van der Waals surface area contributed by atoms with Crippen molar-refractivity contribution < 1.29 is 13.2 Å². The van der Waals surface area contributed by atoms with Gasteiger partial charge in [-0.1, -0.05) is 47.5 Å². The average molecular weight is 395 g/mol. The van der Waals surface area contributed by atoms with Crippen LogP contribution in [0.4, 0.5) is 0 Å². The van der Waals surface area contributed by atoms with Gasteiger partial charge >= 0.3 is 0 Å². The number of hydrogen-bond donors (Lipinski definition) is 1. The molecular formula is C17H12Cl2N2O3S. The minimum absolute atomic E-state index is 0.0152. The molecule has 1 aliphatic heterocycles. The summed E-state index contributed by atoms with van der Waals surface area (Å²) in [6, 6.07) is 12.2. The van der Waals surface area contributed by atoms with Crippen LogP contribution in [0, 0.1) is 0 Å². The summed E-state index contributed by atoms with van der Waals surface area (Å²) in [6.45, 7) is 0. The minimum Gasteiger partial charge on any atom is -0.270 e. The number of allylic oxidation sites excluding steroid dienone is 1. The van der Waals surface area contributed by atoms with Crippen molar-refractivity contribution in [2.75, 3.05) is 0 Å². The third kappa shape index (κ3) is 3.33. The zero-order valence-corrected chi connectivity index (χ0v) is 15.0. The largest absolute Gasteiger partial charge is 0.270 e. The SMILES string of the molecule is O=C(NS(=O)(=O)c1ccccc1)C1(c2ccc(Cl)c(Cl)c2)C=CC=N1. The summed E-state index contributed by atoms with van der Waals surface area (Å²) in [7, 11) is -4.03. The molecule has 3 rings (SSSR count). The van der Waals surface area contributed by atoms with Gasteiger partial charge in [0.1, 0.15) is 0 Å². The smallest absolute Gasteiger partial charge is 0.270 e. The van der Waals surface area contributed by atoms with Crippen molar-refractivity contribution in [2.45, 2.75) is 10.4 Å². The molecule has 5 nitrogen and oxygen atoms in total. The highest BCUT2D eigenvalue weighted by Gasteiger charge is 2.41. The number of benzene rings is 2. The Morgan fingerprint density at radius 1 is 1.04 bits per heavy atom. The summed E-state index contributed by atoms with van der Waals surface area (Å²) in [5.74, 6) is -0.806. The van der Waals surface area contributed by atoms with Gasteiger partial charge in [0.25, 0.3) is 15.9 Å². The number of hydrogen-bond acceptors (Lipinski definition) is 4. The van der Waals surface area contributed by atoms with E-state index in [1.165, 1.54) is 36.6 Å². The van der Waals surface area contributed by atoms with Gasteiger partial charge in [-0.05, 0) is 42.0 Å². The number of nitrogens with zero attached hydrogens (tertiary/aromatic N) is 1. The molecule has 1 N–H and O–H groups in total. The second-order valence-electron chi connectivity index (χ2n) is 5.28. The molecule has 8 heteroatoms.